The largest absolute Gasteiger partial charge is 0.331 e. The standard InChI is InChI=1S/C11H26N/c1-6-8-11(2)9-7-10-12(3,4)5/h11H,6-10H2,1-5H3/q+1. The summed E-state index contributed by atoms with van der Waals surface area (Å²) >= 11 is 0. The van der Waals surface area contributed by atoms with Crippen molar-refractivity contribution in [2.24, 2.45) is 5.92 Å². The van der Waals surface area contributed by atoms with Crippen molar-refractivity contribution < 1.29 is 4.48 Å². The molecule has 0 aromatic carbocycles. The first-order valence-electron chi connectivity index (χ1n) is 5.26. The topological polar surface area (TPSA) is 0 Å². The van der Waals surface area contributed by atoms with E-state index >= 15 is 0 Å². The SMILES string of the molecule is CCCC(C)CCC[N+](C)(C)C. The van der Waals surface area contributed by atoms with E-state index in [9.17, 15) is 0 Å². The van der Waals surface area contributed by atoms with Crippen LogP contribution < -0.4 is 0 Å². The Hall–Kier alpha value is -0.0400. The van der Waals surface area contributed by atoms with Gasteiger partial charge in [-0.1, -0.05) is 26.7 Å². The van der Waals surface area contributed by atoms with Crippen molar-refractivity contribution in [1.29, 1.82) is 0 Å². The Morgan fingerprint density at radius 1 is 1.08 bits per heavy atom. The molecule has 0 spiro atoms. The van der Waals surface area contributed by atoms with Crippen LogP contribution in [-0.4, -0.2) is 32.2 Å². The first kappa shape index (κ1) is 12.0. The third kappa shape index (κ3) is 8.06. The van der Waals surface area contributed by atoms with Gasteiger partial charge in [0.15, 0.2) is 0 Å². The maximum absolute atomic E-state index is 2.37. The summed E-state index contributed by atoms with van der Waals surface area (Å²) in [7, 11) is 6.81. The van der Waals surface area contributed by atoms with Crippen molar-refractivity contribution in [2.45, 2.75) is 39.5 Å². The van der Waals surface area contributed by atoms with Crippen molar-refractivity contribution in [2.75, 3.05) is 27.7 Å². The fourth-order valence-corrected chi connectivity index (χ4v) is 1.55. The summed E-state index contributed by atoms with van der Waals surface area (Å²) < 4.78 is 1.11. The first-order valence-corrected chi connectivity index (χ1v) is 5.26. The fourth-order valence-electron chi connectivity index (χ4n) is 1.55. The number of quaternary nitrogens is 1. The van der Waals surface area contributed by atoms with Crippen molar-refractivity contribution in [1.82, 2.24) is 0 Å². The van der Waals surface area contributed by atoms with Crippen molar-refractivity contribution in [3.05, 3.63) is 0 Å². The maximum Gasteiger partial charge on any atom is 0.0780 e. The second kappa shape index (κ2) is 5.58. The molecule has 0 saturated carbocycles. The quantitative estimate of drug-likeness (QED) is 0.540. The van der Waals surface area contributed by atoms with Crippen molar-refractivity contribution >= 4 is 0 Å². The first-order chi connectivity index (χ1) is 5.45. The van der Waals surface area contributed by atoms with E-state index in [-0.39, 0.29) is 0 Å². The average molecular weight is 172 g/mol. The van der Waals surface area contributed by atoms with Crippen LogP contribution in [0.2, 0.25) is 0 Å². The average Bonchev–Trinajstić information content (AvgIpc) is 1.84. The van der Waals surface area contributed by atoms with E-state index in [1.54, 1.807) is 0 Å². The Balaban J connectivity index is 3.31. The van der Waals surface area contributed by atoms with Gasteiger partial charge in [-0.25, -0.2) is 0 Å². The highest BCUT2D eigenvalue weighted by atomic mass is 15.3. The fraction of sp³-hybridized carbons (Fsp3) is 1.00. The zero-order valence-corrected chi connectivity index (χ0v) is 9.56. The van der Waals surface area contributed by atoms with E-state index in [0.717, 1.165) is 10.4 Å². The van der Waals surface area contributed by atoms with Gasteiger partial charge in [-0.3, -0.25) is 0 Å². The number of hydrogen-bond acceptors (Lipinski definition) is 0. The minimum Gasteiger partial charge on any atom is -0.331 e. The van der Waals surface area contributed by atoms with Crippen LogP contribution in [0.4, 0.5) is 0 Å². The molecule has 0 aliphatic rings. The summed E-state index contributed by atoms with van der Waals surface area (Å²) in [5.41, 5.74) is 0. The predicted octanol–water partition coefficient (Wildman–Crippen LogP) is 2.91. The van der Waals surface area contributed by atoms with Crippen molar-refractivity contribution in [3.8, 4) is 0 Å². The molecule has 12 heavy (non-hydrogen) atoms. The van der Waals surface area contributed by atoms with E-state index in [0.29, 0.717) is 0 Å². The highest BCUT2D eigenvalue weighted by Gasteiger charge is 2.07. The number of rotatable bonds is 6. The second-order valence-corrected chi connectivity index (χ2v) is 5.05. The molecule has 0 fully saturated rings. The van der Waals surface area contributed by atoms with Gasteiger partial charge in [0.2, 0.25) is 0 Å². The van der Waals surface area contributed by atoms with Gasteiger partial charge in [0.05, 0.1) is 27.7 Å². The molecule has 0 N–H and O–H groups in total. The third-order valence-corrected chi connectivity index (χ3v) is 2.31. The van der Waals surface area contributed by atoms with Gasteiger partial charge in [-0.2, -0.15) is 0 Å². The van der Waals surface area contributed by atoms with Gasteiger partial charge in [0.25, 0.3) is 0 Å². The van der Waals surface area contributed by atoms with Crippen LogP contribution in [0.3, 0.4) is 0 Å². The van der Waals surface area contributed by atoms with E-state index < -0.39 is 0 Å². The summed E-state index contributed by atoms with van der Waals surface area (Å²) in [5, 5.41) is 0. The lowest BCUT2D eigenvalue weighted by Crippen LogP contribution is -2.35. The van der Waals surface area contributed by atoms with Gasteiger partial charge in [0.1, 0.15) is 0 Å². The minimum absolute atomic E-state index is 0.932. The van der Waals surface area contributed by atoms with Gasteiger partial charge in [0, 0.05) is 0 Å². The Labute approximate surface area is 78.4 Å². The Kier molecular flexibility index (Phi) is 5.56. The van der Waals surface area contributed by atoms with Crippen LogP contribution in [0.25, 0.3) is 0 Å². The summed E-state index contributed by atoms with van der Waals surface area (Å²) in [4.78, 5) is 0. The molecule has 0 aliphatic carbocycles. The minimum atomic E-state index is 0.932. The lowest BCUT2D eigenvalue weighted by molar-refractivity contribution is -0.870. The zero-order valence-electron chi connectivity index (χ0n) is 9.56. The smallest absolute Gasteiger partial charge is 0.0780 e. The summed E-state index contributed by atoms with van der Waals surface area (Å²) in [5.74, 6) is 0.932. The second-order valence-electron chi connectivity index (χ2n) is 5.05. The van der Waals surface area contributed by atoms with Gasteiger partial charge in [-0.15, -0.1) is 0 Å². The molecule has 0 rings (SSSR count). The van der Waals surface area contributed by atoms with Crippen LogP contribution in [0.5, 0.6) is 0 Å². The highest BCUT2D eigenvalue weighted by molar-refractivity contribution is 4.51. The lowest BCUT2D eigenvalue weighted by atomic mass is 10.0. The van der Waals surface area contributed by atoms with Crippen LogP contribution in [0.15, 0.2) is 0 Å². The lowest BCUT2D eigenvalue weighted by Gasteiger charge is -2.24. The third-order valence-electron chi connectivity index (χ3n) is 2.31. The van der Waals surface area contributed by atoms with E-state index in [1.807, 2.05) is 0 Å². The summed E-state index contributed by atoms with van der Waals surface area (Å²) in [6.07, 6.45) is 5.52. The normalized spacial score (nSPS) is 14.8. The number of nitrogens with zero attached hydrogens (tertiary/aromatic N) is 1. The number of hydrogen-bond donors (Lipinski definition) is 0. The van der Waals surface area contributed by atoms with Crippen LogP contribution in [-0.2, 0) is 0 Å². The van der Waals surface area contributed by atoms with Crippen LogP contribution in [0.1, 0.15) is 39.5 Å². The predicted molar refractivity (Wildman–Crippen MR) is 56.2 cm³/mol. The Bertz CT molecular complexity index is 102. The van der Waals surface area contributed by atoms with Gasteiger partial charge in [-0.05, 0) is 18.8 Å². The van der Waals surface area contributed by atoms with Gasteiger partial charge >= 0.3 is 0 Å². The molecule has 1 unspecified atom stereocenters. The van der Waals surface area contributed by atoms with E-state index in [4.69, 9.17) is 0 Å². The molecule has 0 aromatic rings. The molecule has 0 bridgehead atoms. The molecule has 0 amide bonds. The molecular formula is C11H26N+. The molecule has 0 heterocycles. The van der Waals surface area contributed by atoms with E-state index in [2.05, 4.69) is 35.0 Å². The molecule has 0 aliphatic heterocycles. The highest BCUT2D eigenvalue weighted by Crippen LogP contribution is 2.12. The van der Waals surface area contributed by atoms with E-state index in [1.165, 1.54) is 32.2 Å². The van der Waals surface area contributed by atoms with Crippen molar-refractivity contribution in [3.63, 3.8) is 0 Å². The molecule has 0 saturated heterocycles. The van der Waals surface area contributed by atoms with Crippen LogP contribution >= 0.6 is 0 Å². The summed E-state index contributed by atoms with van der Waals surface area (Å²) in [6.45, 7) is 5.96. The molecule has 0 radical (unpaired) electrons. The maximum atomic E-state index is 2.37. The molecule has 1 nitrogen and oxygen atoms in total. The summed E-state index contributed by atoms with van der Waals surface area (Å²) in [6, 6.07) is 0. The zero-order chi connectivity index (χ0) is 9.61. The molecule has 0 aromatic heterocycles. The molecule has 74 valence electrons. The Morgan fingerprint density at radius 2 is 1.67 bits per heavy atom. The molecule has 1 heteroatoms. The Morgan fingerprint density at radius 3 is 2.08 bits per heavy atom. The molecular weight excluding hydrogens is 146 g/mol. The molecule has 1 atom stereocenters. The monoisotopic (exact) mass is 172 g/mol. The van der Waals surface area contributed by atoms with Gasteiger partial charge < -0.3 is 4.48 Å². The van der Waals surface area contributed by atoms with Crippen LogP contribution in [0, 0.1) is 5.92 Å².